The number of fused-ring (bicyclic) bond motifs is 1. The molecule has 0 aliphatic carbocycles. The van der Waals surface area contributed by atoms with Crippen LogP contribution in [0.25, 0.3) is 11.7 Å². The zero-order valence-electron chi connectivity index (χ0n) is 21.7. The average molecular weight is 537 g/mol. The van der Waals surface area contributed by atoms with Crippen LogP contribution in [0.15, 0.2) is 52.3 Å². The number of methoxy groups -OCH3 is 1. The van der Waals surface area contributed by atoms with Crippen LogP contribution in [0.3, 0.4) is 0 Å². The van der Waals surface area contributed by atoms with Crippen LogP contribution in [0.5, 0.6) is 5.75 Å². The topological polar surface area (TPSA) is 67.2 Å². The molecular formula is C28H32N4O3S2. The number of ether oxygens (including phenoxy) is 1. The van der Waals surface area contributed by atoms with Crippen molar-refractivity contribution in [2.45, 2.75) is 40.0 Å². The first-order valence-corrected chi connectivity index (χ1v) is 13.8. The third-order valence-electron chi connectivity index (χ3n) is 6.28. The van der Waals surface area contributed by atoms with E-state index in [4.69, 9.17) is 21.9 Å². The molecule has 0 saturated carbocycles. The maximum Gasteiger partial charge on any atom is 0.267 e. The highest BCUT2D eigenvalue weighted by Gasteiger charge is 2.32. The summed E-state index contributed by atoms with van der Waals surface area (Å²) in [6.45, 7) is 8.17. The third kappa shape index (κ3) is 5.72. The number of thiocarbonyl (C=S) groups is 1. The maximum absolute atomic E-state index is 13.7. The lowest BCUT2D eigenvalue weighted by Gasteiger charge is -2.25. The lowest BCUT2D eigenvalue weighted by Crippen LogP contribution is -2.31. The van der Waals surface area contributed by atoms with Crippen molar-refractivity contribution in [1.29, 1.82) is 0 Å². The summed E-state index contributed by atoms with van der Waals surface area (Å²) in [5.41, 5.74) is 2.86. The Balaban J connectivity index is 1.70. The van der Waals surface area contributed by atoms with Gasteiger partial charge in [0.05, 0.1) is 17.6 Å². The van der Waals surface area contributed by atoms with Gasteiger partial charge in [-0.15, -0.1) is 0 Å². The van der Waals surface area contributed by atoms with E-state index in [1.165, 1.54) is 11.8 Å². The van der Waals surface area contributed by atoms with Crippen molar-refractivity contribution in [2.24, 2.45) is 0 Å². The molecule has 0 atom stereocenters. The van der Waals surface area contributed by atoms with Gasteiger partial charge in [0.25, 0.3) is 11.5 Å². The predicted octanol–water partition coefficient (Wildman–Crippen LogP) is 5.08. The molecule has 4 rings (SSSR count). The van der Waals surface area contributed by atoms with Crippen LogP contribution in [-0.2, 0) is 11.2 Å². The van der Waals surface area contributed by atoms with Crippen molar-refractivity contribution >= 4 is 51.7 Å². The highest BCUT2D eigenvalue weighted by atomic mass is 32.2. The highest BCUT2D eigenvalue weighted by molar-refractivity contribution is 8.26. The van der Waals surface area contributed by atoms with Gasteiger partial charge in [0.2, 0.25) is 0 Å². The number of aryl methyl sites for hydroxylation is 1. The number of carbonyl (C=O) groups is 1. The molecule has 1 aliphatic heterocycles. The Bertz CT molecular complexity index is 1390. The zero-order chi connectivity index (χ0) is 26.5. The summed E-state index contributed by atoms with van der Waals surface area (Å²) < 4.78 is 7.28. The summed E-state index contributed by atoms with van der Waals surface area (Å²) in [5, 5.41) is 0. The fourth-order valence-electron chi connectivity index (χ4n) is 4.39. The highest BCUT2D eigenvalue weighted by Crippen LogP contribution is 2.34. The van der Waals surface area contributed by atoms with Gasteiger partial charge in [-0.05, 0) is 61.6 Å². The van der Waals surface area contributed by atoms with Gasteiger partial charge in [-0.25, -0.2) is 4.98 Å². The lowest BCUT2D eigenvalue weighted by atomic mass is 10.1. The SMILES string of the molecule is CCCN(CCC)c1nc2c(C)cccn2c(=O)c1C=C1SC(=S)N(CCc2ccc(OC)cc2)C1=O. The molecule has 3 aromatic rings. The minimum Gasteiger partial charge on any atom is -0.497 e. The molecule has 0 radical (unpaired) electrons. The number of nitrogens with zero attached hydrogens (tertiary/aromatic N) is 4. The van der Waals surface area contributed by atoms with E-state index in [0.29, 0.717) is 39.2 Å². The number of benzene rings is 1. The van der Waals surface area contributed by atoms with Gasteiger partial charge in [-0.1, -0.05) is 56.0 Å². The first kappa shape index (κ1) is 26.9. The number of hydrogen-bond donors (Lipinski definition) is 0. The van der Waals surface area contributed by atoms with E-state index >= 15 is 0 Å². The molecule has 7 nitrogen and oxygen atoms in total. The standard InChI is InChI=1S/C28H32N4O3S2/c1-5-14-30(15-6-2)25-22(26(33)31-16-7-8-19(3)24(31)29-25)18-23-27(34)32(28(36)37-23)17-13-20-9-11-21(35-4)12-10-20/h7-12,16,18H,5-6,13-15,17H2,1-4H3. The predicted molar refractivity (Wildman–Crippen MR) is 156 cm³/mol. The number of thioether (sulfide) groups is 1. The van der Waals surface area contributed by atoms with Gasteiger partial charge >= 0.3 is 0 Å². The van der Waals surface area contributed by atoms with Gasteiger partial charge in [0.1, 0.15) is 21.5 Å². The van der Waals surface area contributed by atoms with Crippen molar-refractivity contribution in [1.82, 2.24) is 14.3 Å². The van der Waals surface area contributed by atoms with Crippen LogP contribution in [-0.4, -0.2) is 51.3 Å². The molecule has 0 unspecified atom stereocenters. The number of anilines is 1. The molecule has 194 valence electrons. The second-order valence-electron chi connectivity index (χ2n) is 8.96. The van der Waals surface area contributed by atoms with E-state index in [1.54, 1.807) is 28.7 Å². The fourth-order valence-corrected chi connectivity index (χ4v) is 5.68. The second kappa shape index (κ2) is 11.9. The number of amides is 1. The van der Waals surface area contributed by atoms with E-state index in [2.05, 4.69) is 18.7 Å². The molecule has 1 aromatic carbocycles. The van der Waals surface area contributed by atoms with Crippen LogP contribution in [0.4, 0.5) is 5.82 Å². The van der Waals surface area contributed by atoms with Gasteiger partial charge in [-0.3, -0.25) is 18.9 Å². The molecule has 0 spiro atoms. The number of rotatable bonds is 10. The number of hydrogen-bond acceptors (Lipinski definition) is 7. The summed E-state index contributed by atoms with van der Waals surface area (Å²) in [6, 6.07) is 11.6. The molecule has 2 aromatic heterocycles. The van der Waals surface area contributed by atoms with E-state index < -0.39 is 0 Å². The van der Waals surface area contributed by atoms with E-state index in [9.17, 15) is 9.59 Å². The number of aromatic nitrogens is 2. The molecule has 1 fully saturated rings. The molecular weight excluding hydrogens is 504 g/mol. The molecule has 1 aliphatic rings. The molecule has 37 heavy (non-hydrogen) atoms. The van der Waals surface area contributed by atoms with E-state index in [-0.39, 0.29) is 11.5 Å². The summed E-state index contributed by atoms with van der Waals surface area (Å²) in [7, 11) is 1.63. The Kier molecular flexibility index (Phi) is 8.66. The van der Waals surface area contributed by atoms with Crippen LogP contribution >= 0.6 is 24.0 Å². The summed E-state index contributed by atoms with van der Waals surface area (Å²) in [6.07, 6.45) is 5.91. The first-order valence-electron chi connectivity index (χ1n) is 12.5. The summed E-state index contributed by atoms with van der Waals surface area (Å²) >= 11 is 6.79. The molecule has 3 heterocycles. The van der Waals surface area contributed by atoms with Gasteiger partial charge in [0, 0.05) is 25.8 Å². The number of carbonyl (C=O) groups excluding carboxylic acids is 1. The Morgan fingerprint density at radius 2 is 1.81 bits per heavy atom. The minimum atomic E-state index is -0.190. The van der Waals surface area contributed by atoms with Crippen molar-refractivity contribution in [2.75, 3.05) is 31.6 Å². The van der Waals surface area contributed by atoms with Gasteiger partial charge < -0.3 is 9.64 Å². The van der Waals surface area contributed by atoms with Crippen molar-refractivity contribution in [3.05, 3.63) is 74.5 Å². The minimum absolute atomic E-state index is 0.180. The van der Waals surface area contributed by atoms with Crippen LogP contribution in [0.1, 0.15) is 43.4 Å². The molecule has 0 bridgehead atoms. The van der Waals surface area contributed by atoms with Crippen molar-refractivity contribution < 1.29 is 9.53 Å². The zero-order valence-corrected chi connectivity index (χ0v) is 23.3. The van der Waals surface area contributed by atoms with Crippen molar-refractivity contribution in [3.8, 4) is 5.75 Å². The Labute approximate surface area is 227 Å². The monoisotopic (exact) mass is 536 g/mol. The largest absolute Gasteiger partial charge is 0.497 e. The van der Waals surface area contributed by atoms with E-state index in [0.717, 1.165) is 42.8 Å². The smallest absolute Gasteiger partial charge is 0.267 e. The normalized spacial score (nSPS) is 14.7. The second-order valence-corrected chi connectivity index (χ2v) is 10.6. The Hall–Kier alpha value is -3.17. The van der Waals surface area contributed by atoms with Crippen LogP contribution < -0.4 is 15.2 Å². The Morgan fingerprint density at radius 3 is 2.46 bits per heavy atom. The lowest BCUT2D eigenvalue weighted by molar-refractivity contribution is -0.122. The Morgan fingerprint density at radius 1 is 1.11 bits per heavy atom. The molecule has 9 heteroatoms. The van der Waals surface area contributed by atoms with E-state index in [1.807, 2.05) is 43.3 Å². The molecule has 1 amide bonds. The summed E-state index contributed by atoms with van der Waals surface area (Å²) in [5.74, 6) is 1.23. The molecule has 0 N–H and O–H groups in total. The maximum atomic E-state index is 13.7. The van der Waals surface area contributed by atoms with Crippen LogP contribution in [0, 0.1) is 6.92 Å². The quantitative estimate of drug-likeness (QED) is 0.264. The fraction of sp³-hybridized carbons (Fsp3) is 0.357. The number of pyridine rings is 1. The first-order chi connectivity index (χ1) is 17.9. The summed E-state index contributed by atoms with van der Waals surface area (Å²) in [4.78, 5) is 36.2. The van der Waals surface area contributed by atoms with Gasteiger partial charge in [-0.2, -0.15) is 0 Å². The average Bonchev–Trinajstić information content (AvgIpc) is 3.16. The van der Waals surface area contributed by atoms with Crippen molar-refractivity contribution in [3.63, 3.8) is 0 Å². The van der Waals surface area contributed by atoms with Crippen LogP contribution in [0.2, 0.25) is 0 Å². The molecule has 1 saturated heterocycles. The van der Waals surface area contributed by atoms with Gasteiger partial charge in [0.15, 0.2) is 0 Å². The third-order valence-corrected chi connectivity index (χ3v) is 7.66.